The predicted molar refractivity (Wildman–Crippen MR) is 66.1 cm³/mol. The van der Waals surface area contributed by atoms with Gasteiger partial charge in [-0.05, 0) is 20.3 Å². The summed E-state index contributed by atoms with van der Waals surface area (Å²) < 4.78 is 0. The number of hydrogen-bond donors (Lipinski definition) is 3. The molecule has 2 atom stereocenters. The maximum Gasteiger partial charge on any atom is 0.244 e. The van der Waals surface area contributed by atoms with Crippen LogP contribution in [-0.2, 0) is 6.42 Å². The molecule has 1 aromatic rings. The highest BCUT2D eigenvalue weighted by Crippen LogP contribution is 2.12. The molecular formula is C11H21N5O. The number of nitrogens with zero attached hydrogens (tertiary/aromatic N) is 3. The van der Waals surface area contributed by atoms with Crippen molar-refractivity contribution in [2.75, 3.05) is 24.6 Å². The summed E-state index contributed by atoms with van der Waals surface area (Å²) in [5.74, 6) is 1.63. The summed E-state index contributed by atoms with van der Waals surface area (Å²) in [5, 5.41) is 19.4. The Morgan fingerprint density at radius 1 is 1.35 bits per heavy atom. The number of aryl methyl sites for hydroxylation is 1. The molecule has 6 heteroatoms. The Labute approximate surface area is 101 Å². The number of nitrogens with one attached hydrogen (secondary N) is 2. The molecule has 96 valence electrons. The van der Waals surface area contributed by atoms with Crippen molar-refractivity contribution in [3.05, 3.63) is 5.82 Å². The maximum atomic E-state index is 8.77. The molecule has 2 heterocycles. The summed E-state index contributed by atoms with van der Waals surface area (Å²) in [7, 11) is 0. The number of H-pyrrole nitrogens is 1. The molecule has 2 rings (SSSR count). The van der Waals surface area contributed by atoms with E-state index in [1.807, 2.05) is 0 Å². The number of piperazine rings is 1. The van der Waals surface area contributed by atoms with E-state index in [0.29, 0.717) is 12.1 Å². The number of hydrogen-bond acceptors (Lipinski definition) is 5. The maximum absolute atomic E-state index is 8.77. The molecule has 6 nitrogen and oxygen atoms in total. The molecule has 0 saturated carbocycles. The molecule has 1 aromatic heterocycles. The molecule has 1 fully saturated rings. The van der Waals surface area contributed by atoms with E-state index >= 15 is 0 Å². The van der Waals surface area contributed by atoms with E-state index in [2.05, 4.69) is 39.2 Å². The minimum atomic E-state index is 0.192. The Kier molecular flexibility index (Phi) is 3.96. The fourth-order valence-electron chi connectivity index (χ4n) is 2.28. The third-order valence-corrected chi connectivity index (χ3v) is 2.93. The molecule has 1 saturated heterocycles. The number of aliphatic hydroxyl groups excluding tert-OH is 1. The molecule has 1 aliphatic heterocycles. The van der Waals surface area contributed by atoms with Gasteiger partial charge in [0.25, 0.3) is 0 Å². The standard InChI is InChI=1S/C11H21N5O/c1-8-6-16(7-9(2)12-8)11-13-10(14-15-11)4-3-5-17/h8-9,12,17H,3-7H2,1-2H3,(H,13,14,15). The number of anilines is 1. The molecule has 3 N–H and O–H groups in total. The lowest BCUT2D eigenvalue weighted by Crippen LogP contribution is -2.54. The monoisotopic (exact) mass is 239 g/mol. The highest BCUT2D eigenvalue weighted by molar-refractivity contribution is 5.30. The Hall–Kier alpha value is -1.14. The van der Waals surface area contributed by atoms with Crippen molar-refractivity contribution in [2.24, 2.45) is 0 Å². The lowest BCUT2D eigenvalue weighted by molar-refractivity contribution is 0.287. The van der Waals surface area contributed by atoms with E-state index in [1.165, 1.54) is 0 Å². The van der Waals surface area contributed by atoms with Crippen LogP contribution in [0.1, 0.15) is 26.1 Å². The van der Waals surface area contributed by atoms with E-state index in [4.69, 9.17) is 5.11 Å². The fourth-order valence-corrected chi connectivity index (χ4v) is 2.28. The average Bonchev–Trinajstić information content (AvgIpc) is 2.73. The van der Waals surface area contributed by atoms with Gasteiger partial charge in [0, 0.05) is 38.2 Å². The minimum Gasteiger partial charge on any atom is -0.396 e. The summed E-state index contributed by atoms with van der Waals surface area (Å²) in [4.78, 5) is 6.66. The fraction of sp³-hybridized carbons (Fsp3) is 0.818. The van der Waals surface area contributed by atoms with Crippen LogP contribution in [0.2, 0.25) is 0 Å². The molecule has 0 aromatic carbocycles. The summed E-state index contributed by atoms with van der Waals surface area (Å²) in [6, 6.07) is 0.913. The molecule has 17 heavy (non-hydrogen) atoms. The summed E-state index contributed by atoms with van der Waals surface area (Å²) >= 11 is 0. The average molecular weight is 239 g/mol. The van der Waals surface area contributed by atoms with Gasteiger partial charge in [-0.1, -0.05) is 0 Å². The highest BCUT2D eigenvalue weighted by atomic mass is 16.2. The SMILES string of the molecule is CC1CN(c2n[nH]c(CCCO)n2)CC(C)N1. The van der Waals surface area contributed by atoms with Crippen LogP contribution in [0.4, 0.5) is 5.95 Å². The van der Waals surface area contributed by atoms with Crippen LogP contribution in [0.5, 0.6) is 0 Å². The molecule has 0 bridgehead atoms. The first-order valence-corrected chi connectivity index (χ1v) is 6.22. The number of rotatable bonds is 4. The van der Waals surface area contributed by atoms with Crippen molar-refractivity contribution in [3.8, 4) is 0 Å². The molecule has 1 aliphatic rings. The second-order valence-electron chi connectivity index (χ2n) is 4.78. The van der Waals surface area contributed by atoms with Gasteiger partial charge in [0.1, 0.15) is 5.82 Å². The van der Waals surface area contributed by atoms with Crippen LogP contribution in [-0.4, -0.2) is 52.1 Å². The smallest absolute Gasteiger partial charge is 0.244 e. The topological polar surface area (TPSA) is 77.1 Å². The predicted octanol–water partition coefficient (Wildman–Crippen LogP) is -0.0838. The zero-order valence-electron chi connectivity index (χ0n) is 10.5. The van der Waals surface area contributed by atoms with Crippen LogP contribution in [0, 0.1) is 0 Å². The Morgan fingerprint density at radius 2 is 2.06 bits per heavy atom. The lowest BCUT2D eigenvalue weighted by Gasteiger charge is -2.35. The van der Waals surface area contributed by atoms with Gasteiger partial charge in [0.05, 0.1) is 0 Å². The Balaban J connectivity index is 1.98. The van der Waals surface area contributed by atoms with Crippen molar-refractivity contribution in [1.82, 2.24) is 20.5 Å². The minimum absolute atomic E-state index is 0.192. The van der Waals surface area contributed by atoms with E-state index in [0.717, 1.165) is 37.7 Å². The molecule has 0 radical (unpaired) electrons. The number of aromatic nitrogens is 3. The zero-order chi connectivity index (χ0) is 12.3. The normalized spacial score (nSPS) is 25.2. The van der Waals surface area contributed by atoms with Crippen molar-refractivity contribution in [2.45, 2.75) is 38.8 Å². The van der Waals surface area contributed by atoms with Gasteiger partial charge >= 0.3 is 0 Å². The van der Waals surface area contributed by atoms with Gasteiger partial charge in [-0.3, -0.25) is 5.10 Å². The molecule has 2 unspecified atom stereocenters. The lowest BCUT2D eigenvalue weighted by atomic mass is 10.1. The number of aromatic amines is 1. The number of aliphatic hydroxyl groups is 1. The quantitative estimate of drug-likeness (QED) is 0.685. The van der Waals surface area contributed by atoms with E-state index in [-0.39, 0.29) is 6.61 Å². The first-order valence-electron chi connectivity index (χ1n) is 6.22. The second kappa shape index (κ2) is 5.46. The second-order valence-corrected chi connectivity index (χ2v) is 4.78. The van der Waals surface area contributed by atoms with Crippen molar-refractivity contribution >= 4 is 5.95 Å². The molecule has 0 spiro atoms. The summed E-state index contributed by atoms with van der Waals surface area (Å²) in [6.07, 6.45) is 1.48. The van der Waals surface area contributed by atoms with Gasteiger partial charge in [-0.25, -0.2) is 0 Å². The third kappa shape index (κ3) is 3.17. The van der Waals surface area contributed by atoms with Crippen LogP contribution in [0.25, 0.3) is 0 Å². The Morgan fingerprint density at radius 3 is 2.71 bits per heavy atom. The first-order chi connectivity index (χ1) is 8.19. The third-order valence-electron chi connectivity index (χ3n) is 2.93. The molecule has 0 aliphatic carbocycles. The summed E-state index contributed by atoms with van der Waals surface area (Å²) in [5.41, 5.74) is 0. The molecule has 0 amide bonds. The van der Waals surface area contributed by atoms with E-state index in [1.54, 1.807) is 0 Å². The van der Waals surface area contributed by atoms with Gasteiger partial charge in [0.2, 0.25) is 5.95 Å². The molecular weight excluding hydrogens is 218 g/mol. The van der Waals surface area contributed by atoms with Crippen LogP contribution in [0.3, 0.4) is 0 Å². The van der Waals surface area contributed by atoms with Gasteiger partial charge in [0.15, 0.2) is 0 Å². The van der Waals surface area contributed by atoms with E-state index in [9.17, 15) is 0 Å². The van der Waals surface area contributed by atoms with Gasteiger partial charge in [-0.2, -0.15) is 4.98 Å². The van der Waals surface area contributed by atoms with Crippen LogP contribution >= 0.6 is 0 Å². The Bertz CT molecular complexity index is 343. The first kappa shape index (κ1) is 12.3. The largest absolute Gasteiger partial charge is 0.396 e. The highest BCUT2D eigenvalue weighted by Gasteiger charge is 2.23. The summed E-state index contributed by atoms with van der Waals surface area (Å²) in [6.45, 7) is 6.39. The van der Waals surface area contributed by atoms with Crippen LogP contribution < -0.4 is 10.2 Å². The van der Waals surface area contributed by atoms with Crippen molar-refractivity contribution < 1.29 is 5.11 Å². The van der Waals surface area contributed by atoms with Gasteiger partial charge < -0.3 is 15.3 Å². The van der Waals surface area contributed by atoms with Crippen molar-refractivity contribution in [3.63, 3.8) is 0 Å². The zero-order valence-corrected chi connectivity index (χ0v) is 10.5. The van der Waals surface area contributed by atoms with Gasteiger partial charge in [-0.15, -0.1) is 5.10 Å². The van der Waals surface area contributed by atoms with Crippen molar-refractivity contribution in [1.29, 1.82) is 0 Å². The van der Waals surface area contributed by atoms with Crippen LogP contribution in [0.15, 0.2) is 0 Å². The van der Waals surface area contributed by atoms with E-state index < -0.39 is 0 Å².